The van der Waals surface area contributed by atoms with E-state index >= 15 is 0 Å². The summed E-state index contributed by atoms with van der Waals surface area (Å²) in [7, 11) is 1.35. The average Bonchev–Trinajstić information content (AvgIpc) is 2.65. The van der Waals surface area contributed by atoms with Gasteiger partial charge in [-0.1, -0.05) is 38.5 Å². The van der Waals surface area contributed by atoms with Crippen molar-refractivity contribution >= 4 is 17.7 Å². The van der Waals surface area contributed by atoms with Crippen LogP contribution in [0.25, 0.3) is 0 Å². The molecule has 0 saturated carbocycles. The minimum Gasteiger partial charge on any atom is -0.467 e. The predicted molar refractivity (Wildman–Crippen MR) is 94.0 cm³/mol. The van der Waals surface area contributed by atoms with Gasteiger partial charge in [-0.25, -0.2) is 9.59 Å². The summed E-state index contributed by atoms with van der Waals surface area (Å²) in [6, 6.07) is 9.38. The van der Waals surface area contributed by atoms with E-state index in [2.05, 4.69) is 22.3 Å². The Bertz CT molecular complexity index is 542. The van der Waals surface area contributed by atoms with Gasteiger partial charge in [0.15, 0.2) is 0 Å². The SMILES string of the molecule is CCC(C)C(NC(=O)N1CCN(c2ccccc2)CC1)C(=O)OC. The van der Waals surface area contributed by atoms with Crippen molar-refractivity contribution in [2.24, 2.45) is 5.92 Å². The van der Waals surface area contributed by atoms with E-state index in [1.807, 2.05) is 32.0 Å². The van der Waals surface area contributed by atoms with Crippen LogP contribution in [-0.4, -0.2) is 56.2 Å². The smallest absolute Gasteiger partial charge is 0.328 e. The minimum atomic E-state index is -0.598. The van der Waals surface area contributed by atoms with Gasteiger partial charge in [-0.05, 0) is 18.1 Å². The number of anilines is 1. The Morgan fingerprint density at radius 3 is 2.33 bits per heavy atom. The van der Waals surface area contributed by atoms with Crippen molar-refractivity contribution in [3.63, 3.8) is 0 Å². The number of methoxy groups -OCH3 is 1. The van der Waals surface area contributed by atoms with Crippen LogP contribution in [0.1, 0.15) is 20.3 Å². The predicted octanol–water partition coefficient (Wildman–Crippen LogP) is 2.11. The van der Waals surface area contributed by atoms with E-state index in [1.165, 1.54) is 12.8 Å². The van der Waals surface area contributed by atoms with Gasteiger partial charge in [0.05, 0.1) is 7.11 Å². The van der Waals surface area contributed by atoms with Crippen LogP contribution in [-0.2, 0) is 9.53 Å². The highest BCUT2D eigenvalue weighted by Crippen LogP contribution is 2.16. The first kappa shape index (κ1) is 18.1. The zero-order valence-corrected chi connectivity index (χ0v) is 14.7. The summed E-state index contributed by atoms with van der Waals surface area (Å²) in [5, 5.41) is 2.84. The third-order valence-corrected chi connectivity index (χ3v) is 4.64. The summed E-state index contributed by atoms with van der Waals surface area (Å²) in [5.41, 5.74) is 1.17. The van der Waals surface area contributed by atoms with E-state index in [9.17, 15) is 9.59 Å². The minimum absolute atomic E-state index is 0.0343. The molecule has 1 N–H and O–H groups in total. The van der Waals surface area contributed by atoms with Crippen LogP contribution in [0, 0.1) is 5.92 Å². The number of rotatable bonds is 5. The van der Waals surface area contributed by atoms with Gasteiger partial charge in [-0.15, -0.1) is 0 Å². The average molecular weight is 333 g/mol. The first-order chi connectivity index (χ1) is 11.6. The lowest BCUT2D eigenvalue weighted by Gasteiger charge is -2.37. The van der Waals surface area contributed by atoms with Gasteiger partial charge in [0.25, 0.3) is 0 Å². The first-order valence-electron chi connectivity index (χ1n) is 8.50. The van der Waals surface area contributed by atoms with E-state index in [-0.39, 0.29) is 17.9 Å². The van der Waals surface area contributed by atoms with Crippen LogP contribution < -0.4 is 10.2 Å². The number of hydrogen-bond donors (Lipinski definition) is 1. The summed E-state index contributed by atoms with van der Waals surface area (Å²) in [5.74, 6) is -0.354. The highest BCUT2D eigenvalue weighted by atomic mass is 16.5. The van der Waals surface area contributed by atoms with Gasteiger partial charge in [0, 0.05) is 31.9 Å². The Balaban J connectivity index is 1.91. The molecule has 1 aliphatic rings. The first-order valence-corrected chi connectivity index (χ1v) is 8.50. The molecule has 1 aromatic carbocycles. The van der Waals surface area contributed by atoms with Crippen molar-refractivity contribution in [1.29, 1.82) is 0 Å². The Morgan fingerprint density at radius 1 is 1.17 bits per heavy atom. The molecule has 2 rings (SSSR count). The zero-order chi connectivity index (χ0) is 17.5. The number of carbonyl (C=O) groups is 2. The highest BCUT2D eigenvalue weighted by molar-refractivity contribution is 5.84. The lowest BCUT2D eigenvalue weighted by atomic mass is 9.99. The second-order valence-corrected chi connectivity index (χ2v) is 6.15. The molecule has 1 heterocycles. The quantitative estimate of drug-likeness (QED) is 0.838. The van der Waals surface area contributed by atoms with Crippen LogP contribution in [0.3, 0.4) is 0 Å². The topological polar surface area (TPSA) is 61.9 Å². The highest BCUT2D eigenvalue weighted by Gasteiger charge is 2.29. The van der Waals surface area contributed by atoms with E-state index in [0.29, 0.717) is 13.1 Å². The maximum atomic E-state index is 12.5. The number of amides is 2. The number of hydrogen-bond acceptors (Lipinski definition) is 4. The van der Waals surface area contributed by atoms with Gasteiger partial charge in [0.1, 0.15) is 6.04 Å². The molecule has 1 saturated heterocycles. The second kappa shape index (κ2) is 8.57. The summed E-state index contributed by atoms with van der Waals surface area (Å²) in [6.07, 6.45) is 0.793. The molecule has 0 radical (unpaired) electrons. The molecule has 1 aromatic rings. The molecule has 132 valence electrons. The fourth-order valence-corrected chi connectivity index (χ4v) is 2.83. The Kier molecular flexibility index (Phi) is 6.46. The van der Waals surface area contributed by atoms with Crippen LogP contribution >= 0.6 is 0 Å². The normalized spacial score (nSPS) is 17.1. The van der Waals surface area contributed by atoms with Crippen molar-refractivity contribution < 1.29 is 14.3 Å². The van der Waals surface area contributed by atoms with E-state index < -0.39 is 6.04 Å². The lowest BCUT2D eigenvalue weighted by molar-refractivity contribution is -0.144. The van der Waals surface area contributed by atoms with Gasteiger partial charge < -0.3 is 19.9 Å². The maximum absolute atomic E-state index is 12.5. The fourth-order valence-electron chi connectivity index (χ4n) is 2.83. The second-order valence-electron chi connectivity index (χ2n) is 6.15. The molecular formula is C18H27N3O3. The lowest BCUT2D eigenvalue weighted by Crippen LogP contribution is -2.56. The molecule has 6 heteroatoms. The molecule has 2 atom stereocenters. The number of urea groups is 1. The number of nitrogens with zero attached hydrogens (tertiary/aromatic N) is 2. The van der Waals surface area contributed by atoms with E-state index in [1.54, 1.807) is 4.90 Å². The summed E-state index contributed by atoms with van der Waals surface area (Å²) in [4.78, 5) is 28.4. The standard InChI is InChI=1S/C18H27N3O3/c1-4-14(2)16(17(22)24-3)19-18(23)21-12-10-20(11-13-21)15-8-6-5-7-9-15/h5-9,14,16H,4,10-13H2,1-3H3,(H,19,23). The monoisotopic (exact) mass is 333 g/mol. The third-order valence-electron chi connectivity index (χ3n) is 4.64. The van der Waals surface area contributed by atoms with Gasteiger partial charge in [-0.2, -0.15) is 0 Å². The molecule has 6 nitrogen and oxygen atoms in total. The van der Waals surface area contributed by atoms with Crippen LogP contribution in [0.2, 0.25) is 0 Å². The molecule has 2 amide bonds. The Morgan fingerprint density at radius 2 is 1.79 bits per heavy atom. The number of piperazine rings is 1. The number of nitrogens with one attached hydrogen (secondary N) is 1. The van der Waals surface area contributed by atoms with Crippen LogP contribution in [0.5, 0.6) is 0 Å². The molecule has 24 heavy (non-hydrogen) atoms. The molecule has 0 aromatic heterocycles. The molecular weight excluding hydrogens is 306 g/mol. The molecule has 1 fully saturated rings. The third kappa shape index (κ3) is 4.40. The number of para-hydroxylation sites is 1. The van der Waals surface area contributed by atoms with Crippen LogP contribution in [0.15, 0.2) is 30.3 Å². The van der Waals surface area contributed by atoms with Crippen molar-refractivity contribution in [3.8, 4) is 0 Å². The van der Waals surface area contributed by atoms with Gasteiger partial charge >= 0.3 is 12.0 Å². The van der Waals surface area contributed by atoms with Gasteiger partial charge in [0.2, 0.25) is 0 Å². The molecule has 0 bridgehead atoms. The van der Waals surface area contributed by atoms with E-state index in [0.717, 1.165) is 19.5 Å². The summed E-state index contributed by atoms with van der Waals surface area (Å²) in [6.45, 7) is 6.76. The van der Waals surface area contributed by atoms with Crippen molar-refractivity contribution in [2.75, 3.05) is 38.2 Å². The fraction of sp³-hybridized carbons (Fsp3) is 0.556. The number of ether oxygens (including phenoxy) is 1. The molecule has 2 unspecified atom stereocenters. The largest absolute Gasteiger partial charge is 0.467 e. The number of carbonyl (C=O) groups excluding carboxylic acids is 2. The Hall–Kier alpha value is -2.24. The molecule has 0 spiro atoms. The number of esters is 1. The van der Waals surface area contributed by atoms with Crippen LogP contribution in [0.4, 0.5) is 10.5 Å². The van der Waals surface area contributed by atoms with Crippen molar-refractivity contribution in [1.82, 2.24) is 10.2 Å². The summed E-state index contributed by atoms with van der Waals surface area (Å²) < 4.78 is 4.82. The molecule has 0 aliphatic carbocycles. The zero-order valence-electron chi connectivity index (χ0n) is 14.7. The molecule has 1 aliphatic heterocycles. The maximum Gasteiger partial charge on any atom is 0.328 e. The van der Waals surface area contributed by atoms with Crippen molar-refractivity contribution in [3.05, 3.63) is 30.3 Å². The van der Waals surface area contributed by atoms with Gasteiger partial charge in [-0.3, -0.25) is 0 Å². The van der Waals surface area contributed by atoms with Crippen molar-refractivity contribution in [2.45, 2.75) is 26.3 Å². The Labute approximate surface area is 143 Å². The van der Waals surface area contributed by atoms with E-state index in [4.69, 9.17) is 4.74 Å². The summed E-state index contributed by atoms with van der Waals surface area (Å²) >= 11 is 0. The number of benzene rings is 1.